The van der Waals surface area contributed by atoms with E-state index in [0.717, 1.165) is 24.4 Å². The lowest BCUT2D eigenvalue weighted by molar-refractivity contribution is -0.119. The predicted molar refractivity (Wildman–Crippen MR) is 128 cm³/mol. The van der Waals surface area contributed by atoms with Gasteiger partial charge in [0.15, 0.2) is 5.96 Å². The first-order chi connectivity index (χ1) is 13.1. The van der Waals surface area contributed by atoms with Gasteiger partial charge in [-0.3, -0.25) is 4.79 Å². The van der Waals surface area contributed by atoms with E-state index in [0.29, 0.717) is 12.5 Å². The number of nitrogens with one attached hydrogen (secondary N) is 3. The Morgan fingerprint density at radius 3 is 2.54 bits per heavy atom. The summed E-state index contributed by atoms with van der Waals surface area (Å²) in [4.78, 5) is 17.4. The lowest BCUT2D eigenvalue weighted by Crippen LogP contribution is -2.34. The van der Waals surface area contributed by atoms with E-state index in [1.165, 1.54) is 4.88 Å². The molecule has 1 aromatic heterocycles. The zero-order valence-corrected chi connectivity index (χ0v) is 19.7. The van der Waals surface area contributed by atoms with E-state index < -0.39 is 0 Å². The van der Waals surface area contributed by atoms with Crippen molar-refractivity contribution in [3.63, 3.8) is 0 Å². The molecule has 0 aliphatic heterocycles. The maximum absolute atomic E-state index is 11.7. The number of carbonyl (C=O) groups excluding carboxylic acids is 1. The molecule has 1 heterocycles. The van der Waals surface area contributed by atoms with Crippen molar-refractivity contribution < 1.29 is 9.53 Å². The van der Waals surface area contributed by atoms with E-state index in [2.05, 4.69) is 32.4 Å². The van der Waals surface area contributed by atoms with Gasteiger partial charge in [0.2, 0.25) is 5.91 Å². The summed E-state index contributed by atoms with van der Waals surface area (Å²) < 4.78 is 5.66. The molecule has 6 nitrogen and oxygen atoms in total. The van der Waals surface area contributed by atoms with Gasteiger partial charge in [0.1, 0.15) is 12.3 Å². The monoisotopic (exact) mass is 516 g/mol. The van der Waals surface area contributed by atoms with Crippen LogP contribution in [0.1, 0.15) is 25.6 Å². The summed E-state index contributed by atoms with van der Waals surface area (Å²) >= 11 is 1.73. The van der Waals surface area contributed by atoms with Crippen LogP contribution in [0, 0.1) is 0 Å². The second-order valence-electron chi connectivity index (χ2n) is 6.19. The Morgan fingerprint density at radius 1 is 1.18 bits per heavy atom. The second kappa shape index (κ2) is 13.4. The topological polar surface area (TPSA) is 74.8 Å². The van der Waals surface area contributed by atoms with Crippen LogP contribution < -0.4 is 20.7 Å². The first kappa shape index (κ1) is 24.2. The zero-order valence-electron chi connectivity index (χ0n) is 16.5. The average Bonchev–Trinajstić information content (AvgIpc) is 3.14. The van der Waals surface area contributed by atoms with Crippen LogP contribution in [0.2, 0.25) is 0 Å². The number of carbonyl (C=O) groups is 1. The molecule has 2 rings (SSSR count). The highest BCUT2D eigenvalue weighted by Crippen LogP contribution is 2.16. The van der Waals surface area contributed by atoms with E-state index in [-0.39, 0.29) is 42.5 Å². The maximum Gasteiger partial charge on any atom is 0.241 e. The molecule has 0 aliphatic carbocycles. The van der Waals surface area contributed by atoms with Crippen molar-refractivity contribution in [2.45, 2.75) is 33.3 Å². The SMILES string of the molecule is CCNC(=O)CN=C(NCCc1cccs1)Nc1ccc(OC(C)C)cc1.I. The Morgan fingerprint density at radius 2 is 1.93 bits per heavy atom. The van der Waals surface area contributed by atoms with Gasteiger partial charge in [0, 0.05) is 23.7 Å². The number of nitrogens with zero attached hydrogens (tertiary/aromatic N) is 1. The average molecular weight is 516 g/mol. The smallest absolute Gasteiger partial charge is 0.241 e. The van der Waals surface area contributed by atoms with Crippen LogP contribution >= 0.6 is 35.3 Å². The quantitative estimate of drug-likeness (QED) is 0.269. The fourth-order valence-electron chi connectivity index (χ4n) is 2.33. The molecule has 8 heteroatoms. The molecule has 0 aliphatic rings. The van der Waals surface area contributed by atoms with Crippen molar-refractivity contribution in [2.75, 3.05) is 25.0 Å². The van der Waals surface area contributed by atoms with Gasteiger partial charge in [0.05, 0.1) is 6.10 Å². The van der Waals surface area contributed by atoms with Gasteiger partial charge in [0.25, 0.3) is 0 Å². The zero-order chi connectivity index (χ0) is 19.5. The van der Waals surface area contributed by atoms with E-state index in [4.69, 9.17) is 4.74 Å². The molecule has 0 atom stereocenters. The van der Waals surface area contributed by atoms with E-state index in [1.54, 1.807) is 11.3 Å². The number of hydrogen-bond acceptors (Lipinski definition) is 4. The highest BCUT2D eigenvalue weighted by atomic mass is 127. The summed E-state index contributed by atoms with van der Waals surface area (Å²) in [5, 5.41) is 11.3. The van der Waals surface area contributed by atoms with E-state index in [9.17, 15) is 4.79 Å². The van der Waals surface area contributed by atoms with Gasteiger partial charge in [-0.05, 0) is 62.9 Å². The third-order valence-corrected chi connectivity index (χ3v) is 4.42. The van der Waals surface area contributed by atoms with Gasteiger partial charge in [-0.1, -0.05) is 6.07 Å². The first-order valence-electron chi connectivity index (χ1n) is 9.18. The summed E-state index contributed by atoms with van der Waals surface area (Å²) in [6, 6.07) is 11.8. The van der Waals surface area contributed by atoms with Crippen LogP contribution in [0.3, 0.4) is 0 Å². The van der Waals surface area contributed by atoms with Crippen molar-refractivity contribution in [1.82, 2.24) is 10.6 Å². The molecule has 1 aromatic carbocycles. The van der Waals surface area contributed by atoms with Gasteiger partial charge in [-0.25, -0.2) is 4.99 Å². The van der Waals surface area contributed by atoms with E-state index in [1.807, 2.05) is 51.1 Å². The maximum atomic E-state index is 11.7. The molecule has 1 amide bonds. The number of hydrogen-bond donors (Lipinski definition) is 3. The van der Waals surface area contributed by atoms with Crippen molar-refractivity contribution in [1.29, 1.82) is 0 Å². The largest absolute Gasteiger partial charge is 0.491 e. The molecule has 0 bridgehead atoms. The Hall–Kier alpha value is -1.81. The minimum atomic E-state index is -0.0995. The van der Waals surface area contributed by atoms with Crippen LogP contribution in [-0.4, -0.2) is 37.6 Å². The van der Waals surface area contributed by atoms with Crippen molar-refractivity contribution in [3.05, 3.63) is 46.7 Å². The van der Waals surface area contributed by atoms with Crippen LogP contribution in [0.4, 0.5) is 5.69 Å². The number of guanidine groups is 1. The number of aliphatic imine (C=N–C) groups is 1. The summed E-state index contributed by atoms with van der Waals surface area (Å²) in [5.74, 6) is 1.30. The lowest BCUT2D eigenvalue weighted by atomic mass is 10.3. The van der Waals surface area contributed by atoms with Crippen LogP contribution in [0.5, 0.6) is 5.75 Å². The number of benzene rings is 1. The van der Waals surface area contributed by atoms with E-state index >= 15 is 0 Å². The summed E-state index contributed by atoms with van der Waals surface area (Å²) in [6.45, 7) is 7.29. The first-order valence-corrected chi connectivity index (χ1v) is 10.1. The fourth-order valence-corrected chi connectivity index (χ4v) is 3.04. The van der Waals surface area contributed by atoms with Gasteiger partial charge >= 0.3 is 0 Å². The molecule has 154 valence electrons. The number of rotatable bonds is 9. The molecular weight excluding hydrogens is 487 g/mol. The minimum absolute atomic E-state index is 0. The third kappa shape index (κ3) is 9.41. The molecule has 0 radical (unpaired) electrons. The fraction of sp³-hybridized carbons (Fsp3) is 0.400. The van der Waals surface area contributed by atoms with Gasteiger partial charge < -0.3 is 20.7 Å². The number of halogens is 1. The number of ether oxygens (including phenoxy) is 1. The molecular formula is C20H29IN4O2S. The van der Waals surface area contributed by atoms with Crippen LogP contribution in [0.15, 0.2) is 46.8 Å². The number of anilines is 1. The summed E-state index contributed by atoms with van der Waals surface area (Å²) in [6.07, 6.45) is 1.04. The third-order valence-electron chi connectivity index (χ3n) is 3.49. The van der Waals surface area contributed by atoms with Crippen LogP contribution in [0.25, 0.3) is 0 Å². The Balaban J connectivity index is 0.00000392. The highest BCUT2D eigenvalue weighted by molar-refractivity contribution is 14.0. The highest BCUT2D eigenvalue weighted by Gasteiger charge is 2.04. The Kier molecular flexibility index (Phi) is 11.6. The normalized spacial score (nSPS) is 10.9. The lowest BCUT2D eigenvalue weighted by Gasteiger charge is -2.14. The summed E-state index contributed by atoms with van der Waals surface area (Å²) in [5.41, 5.74) is 0.879. The van der Waals surface area contributed by atoms with Gasteiger partial charge in [-0.2, -0.15) is 0 Å². The Bertz CT molecular complexity index is 718. The van der Waals surface area contributed by atoms with Gasteiger partial charge in [-0.15, -0.1) is 35.3 Å². The second-order valence-corrected chi connectivity index (χ2v) is 7.22. The minimum Gasteiger partial charge on any atom is -0.491 e. The molecule has 0 saturated heterocycles. The molecule has 0 unspecified atom stereocenters. The molecule has 2 aromatic rings. The molecule has 0 spiro atoms. The predicted octanol–water partition coefficient (Wildman–Crippen LogP) is 3.89. The Labute approximate surface area is 188 Å². The van der Waals surface area contributed by atoms with Crippen molar-refractivity contribution in [3.8, 4) is 5.75 Å². The van der Waals surface area contributed by atoms with Crippen molar-refractivity contribution in [2.24, 2.45) is 4.99 Å². The molecule has 28 heavy (non-hydrogen) atoms. The number of likely N-dealkylation sites (N-methyl/N-ethyl adjacent to an activating group) is 1. The molecule has 3 N–H and O–H groups in total. The standard InChI is InChI=1S/C20H28N4O2S.HI/c1-4-21-19(25)14-23-20(22-12-11-18-6-5-13-27-18)24-16-7-9-17(10-8-16)26-15(2)3;/h5-10,13,15H,4,11-12,14H2,1-3H3,(H,21,25)(H2,22,23,24);1H. The summed E-state index contributed by atoms with van der Waals surface area (Å²) in [7, 11) is 0. The van der Waals surface area contributed by atoms with Crippen LogP contribution in [-0.2, 0) is 11.2 Å². The molecule has 0 saturated carbocycles. The number of amides is 1. The molecule has 0 fully saturated rings. The number of thiophene rings is 1. The van der Waals surface area contributed by atoms with Crippen molar-refractivity contribution >= 4 is 52.9 Å².